The first-order valence-corrected chi connectivity index (χ1v) is 11.9. The van der Waals surface area contributed by atoms with Crippen LogP contribution in [0.3, 0.4) is 0 Å². The molecule has 1 amide bonds. The molecule has 1 aliphatic rings. The lowest BCUT2D eigenvalue weighted by molar-refractivity contribution is -0.146. The third kappa shape index (κ3) is 6.96. The van der Waals surface area contributed by atoms with Gasteiger partial charge < -0.3 is 25.4 Å². The second kappa shape index (κ2) is 11.6. The number of ether oxygens (including phenoxy) is 2. The van der Waals surface area contributed by atoms with Crippen LogP contribution < -0.4 is 20.5 Å². The Balaban J connectivity index is 1.77. The summed E-state index contributed by atoms with van der Waals surface area (Å²) in [6, 6.07) is 12.8. The summed E-state index contributed by atoms with van der Waals surface area (Å²) in [4.78, 5) is 19.4. The van der Waals surface area contributed by atoms with Crippen LogP contribution in [0.1, 0.15) is 29.5 Å². The molecule has 37 heavy (non-hydrogen) atoms. The molecule has 1 heterocycles. The molecule has 10 heteroatoms. The summed E-state index contributed by atoms with van der Waals surface area (Å²) in [5.41, 5.74) is 7.72. The Bertz CT molecular complexity index is 1140. The number of amidine groups is 1. The van der Waals surface area contributed by atoms with E-state index in [0.717, 1.165) is 11.1 Å². The van der Waals surface area contributed by atoms with Gasteiger partial charge in [0.1, 0.15) is 18.2 Å². The van der Waals surface area contributed by atoms with Crippen molar-refractivity contribution in [3.63, 3.8) is 0 Å². The van der Waals surface area contributed by atoms with E-state index >= 15 is 0 Å². The minimum Gasteiger partial charge on any atom is -0.493 e. The summed E-state index contributed by atoms with van der Waals surface area (Å²) < 4.78 is 49.1. The molecule has 0 spiro atoms. The molecule has 2 aromatic rings. The zero-order valence-corrected chi connectivity index (χ0v) is 21.3. The van der Waals surface area contributed by atoms with Crippen molar-refractivity contribution in [2.45, 2.75) is 32.4 Å². The van der Waals surface area contributed by atoms with E-state index in [9.17, 15) is 18.0 Å². The molecule has 0 aliphatic carbocycles. The Hall–Kier alpha value is -3.69. The van der Waals surface area contributed by atoms with E-state index in [0.29, 0.717) is 55.2 Å². The number of nitrogens with zero attached hydrogens (tertiary/aromatic N) is 2. The molecular weight excluding hydrogens is 485 g/mol. The lowest BCUT2D eigenvalue weighted by atomic mass is 9.73. The van der Waals surface area contributed by atoms with Crippen LogP contribution in [0, 0.1) is 12.3 Å². The molecule has 3 N–H and O–H groups in total. The standard InChI is InChI=1S/C27H33F3N4O3/c1-18-14-22(36-3)23(37-4)15-21(18)24(31)33-19(2)34-12-10-26(11-13-34,16-20-8-6-5-7-9-20)25(35)32-17-27(28,29)30/h5-9,14-15H,2,10-13,16-17H2,1,3-4H3,(H2,31,33)(H,32,35). The number of aryl methyl sites for hydroxylation is 1. The summed E-state index contributed by atoms with van der Waals surface area (Å²) >= 11 is 0. The maximum absolute atomic E-state index is 13.0. The topological polar surface area (TPSA) is 89.2 Å². The monoisotopic (exact) mass is 518 g/mol. The summed E-state index contributed by atoms with van der Waals surface area (Å²) in [5.74, 6) is 1.15. The number of hydrogen-bond acceptors (Lipinski definition) is 5. The Morgan fingerprint density at radius 2 is 1.73 bits per heavy atom. The average molecular weight is 519 g/mol. The van der Waals surface area contributed by atoms with Crippen molar-refractivity contribution < 1.29 is 27.4 Å². The minimum atomic E-state index is -4.48. The van der Waals surface area contributed by atoms with Crippen LogP contribution in [-0.2, 0) is 11.2 Å². The number of alkyl halides is 3. The third-order valence-electron chi connectivity index (χ3n) is 6.66. The number of nitrogens with two attached hydrogens (primary N) is 1. The zero-order chi connectivity index (χ0) is 27.2. The molecule has 0 unspecified atom stereocenters. The number of piperidine rings is 1. The smallest absolute Gasteiger partial charge is 0.405 e. The first kappa shape index (κ1) is 27.9. The molecule has 1 saturated heterocycles. The number of nitrogens with one attached hydrogen (secondary N) is 1. The molecule has 3 rings (SSSR count). The lowest BCUT2D eigenvalue weighted by Crippen LogP contribution is -2.51. The summed E-state index contributed by atoms with van der Waals surface area (Å²) in [6.07, 6.45) is -3.45. The molecule has 0 saturated carbocycles. The predicted octanol–water partition coefficient (Wildman–Crippen LogP) is 4.19. The Kier molecular flexibility index (Phi) is 8.73. The average Bonchev–Trinajstić information content (AvgIpc) is 2.87. The van der Waals surface area contributed by atoms with Crippen LogP contribution in [0.5, 0.6) is 11.5 Å². The quantitative estimate of drug-likeness (QED) is 0.384. The van der Waals surface area contributed by atoms with Crippen molar-refractivity contribution >= 4 is 11.7 Å². The van der Waals surface area contributed by atoms with Crippen molar-refractivity contribution in [1.29, 1.82) is 0 Å². The van der Waals surface area contributed by atoms with Crippen LogP contribution in [0.4, 0.5) is 13.2 Å². The van der Waals surface area contributed by atoms with Crippen molar-refractivity contribution in [3.8, 4) is 11.5 Å². The van der Waals surface area contributed by atoms with E-state index in [1.165, 1.54) is 7.11 Å². The molecule has 1 fully saturated rings. The van der Waals surface area contributed by atoms with E-state index < -0.39 is 24.0 Å². The number of methoxy groups -OCH3 is 2. The molecule has 1 aliphatic heterocycles. The van der Waals surface area contributed by atoms with Gasteiger partial charge in [0.05, 0.1) is 19.6 Å². The van der Waals surface area contributed by atoms with E-state index in [-0.39, 0.29) is 5.84 Å². The van der Waals surface area contributed by atoms with Gasteiger partial charge in [-0.15, -0.1) is 0 Å². The number of aliphatic imine (C=N–C) groups is 1. The number of hydrogen-bond donors (Lipinski definition) is 2. The van der Waals surface area contributed by atoms with E-state index in [1.807, 2.05) is 42.2 Å². The van der Waals surface area contributed by atoms with Crippen LogP contribution in [0.2, 0.25) is 0 Å². The highest BCUT2D eigenvalue weighted by Crippen LogP contribution is 2.37. The van der Waals surface area contributed by atoms with Gasteiger partial charge in [0.25, 0.3) is 0 Å². The Morgan fingerprint density at radius 3 is 2.30 bits per heavy atom. The van der Waals surface area contributed by atoms with Gasteiger partial charge in [0.2, 0.25) is 5.91 Å². The van der Waals surface area contributed by atoms with Gasteiger partial charge in [-0.05, 0) is 49.4 Å². The number of rotatable bonds is 9. The highest BCUT2D eigenvalue weighted by atomic mass is 19.4. The van der Waals surface area contributed by atoms with Crippen LogP contribution in [-0.4, -0.2) is 56.7 Å². The second-order valence-electron chi connectivity index (χ2n) is 9.16. The van der Waals surface area contributed by atoms with Gasteiger partial charge in [-0.2, -0.15) is 13.2 Å². The van der Waals surface area contributed by atoms with Gasteiger partial charge in [0.15, 0.2) is 11.5 Å². The van der Waals surface area contributed by atoms with Gasteiger partial charge in [-0.1, -0.05) is 36.9 Å². The Morgan fingerprint density at radius 1 is 1.14 bits per heavy atom. The van der Waals surface area contributed by atoms with Gasteiger partial charge in [-0.25, -0.2) is 4.99 Å². The van der Waals surface area contributed by atoms with Crippen molar-refractivity contribution in [2.24, 2.45) is 16.1 Å². The molecule has 200 valence electrons. The SMILES string of the molecule is C=C(/N=C(/N)c1cc(OC)c(OC)cc1C)N1CCC(Cc2ccccc2)(C(=O)NCC(F)(F)F)CC1. The maximum atomic E-state index is 13.0. The second-order valence-corrected chi connectivity index (χ2v) is 9.16. The lowest BCUT2D eigenvalue weighted by Gasteiger charge is -2.41. The highest BCUT2D eigenvalue weighted by Gasteiger charge is 2.43. The predicted molar refractivity (Wildman–Crippen MR) is 137 cm³/mol. The normalized spacial score (nSPS) is 15.7. The zero-order valence-electron chi connectivity index (χ0n) is 21.3. The largest absolute Gasteiger partial charge is 0.493 e. The fourth-order valence-electron chi connectivity index (χ4n) is 4.56. The van der Waals surface area contributed by atoms with Crippen molar-refractivity contribution in [1.82, 2.24) is 10.2 Å². The maximum Gasteiger partial charge on any atom is 0.405 e. The molecule has 7 nitrogen and oxygen atoms in total. The van der Waals surface area contributed by atoms with Crippen LogP contribution >= 0.6 is 0 Å². The van der Waals surface area contributed by atoms with Crippen molar-refractivity contribution in [3.05, 3.63) is 71.6 Å². The van der Waals surface area contributed by atoms with E-state index in [1.54, 1.807) is 19.2 Å². The number of amides is 1. The number of likely N-dealkylation sites (tertiary alicyclic amines) is 1. The number of carbonyl (C=O) groups is 1. The molecule has 2 aromatic carbocycles. The first-order valence-electron chi connectivity index (χ1n) is 11.9. The van der Waals surface area contributed by atoms with Gasteiger partial charge >= 0.3 is 6.18 Å². The molecule has 0 atom stereocenters. The van der Waals surface area contributed by atoms with Crippen LogP contribution in [0.15, 0.2) is 59.9 Å². The molecule has 0 aromatic heterocycles. The number of benzene rings is 2. The Labute approximate surface area is 215 Å². The van der Waals surface area contributed by atoms with E-state index in [4.69, 9.17) is 15.2 Å². The number of carbonyl (C=O) groups excluding carboxylic acids is 1. The first-order chi connectivity index (χ1) is 17.5. The minimum absolute atomic E-state index is 0.243. The van der Waals surface area contributed by atoms with Gasteiger partial charge in [-0.3, -0.25) is 4.79 Å². The fourth-order valence-corrected chi connectivity index (χ4v) is 4.56. The molecular formula is C27H33F3N4O3. The number of halogens is 3. The van der Waals surface area contributed by atoms with Crippen molar-refractivity contribution in [2.75, 3.05) is 33.9 Å². The highest BCUT2D eigenvalue weighted by molar-refractivity contribution is 6.00. The molecule has 0 radical (unpaired) electrons. The van der Waals surface area contributed by atoms with E-state index in [2.05, 4.69) is 16.9 Å². The molecule has 0 bridgehead atoms. The summed E-state index contributed by atoms with van der Waals surface area (Å²) in [6.45, 7) is 5.36. The van der Waals surface area contributed by atoms with Crippen LogP contribution in [0.25, 0.3) is 0 Å². The fraction of sp³-hybridized carbons (Fsp3) is 0.407. The van der Waals surface area contributed by atoms with Gasteiger partial charge in [0, 0.05) is 18.7 Å². The summed E-state index contributed by atoms with van der Waals surface area (Å²) in [7, 11) is 3.08. The summed E-state index contributed by atoms with van der Waals surface area (Å²) in [5, 5.41) is 2.10. The third-order valence-corrected chi connectivity index (χ3v) is 6.66.